The van der Waals surface area contributed by atoms with E-state index in [1.807, 2.05) is 29.6 Å². The highest BCUT2D eigenvalue weighted by molar-refractivity contribution is 8.00. The van der Waals surface area contributed by atoms with Gasteiger partial charge in [-0.25, -0.2) is 19.9 Å². The number of aromatic nitrogens is 6. The van der Waals surface area contributed by atoms with E-state index >= 15 is 0 Å². The minimum Gasteiger partial charge on any atom is -0.310 e. The Morgan fingerprint density at radius 3 is 0.983 bits per heavy atom. The Bertz CT molecular complexity index is 6650. The van der Waals surface area contributed by atoms with E-state index in [1.165, 1.54) is 108 Å². The second-order valence-electron chi connectivity index (χ2n) is 29.8. The molecule has 24 rings (SSSR count). The standard InChI is InChI=1S/2C53H34N4S/c1-4-18-35(19-5-1)44-34-45(36-20-6-2-7-21-36)55-52(54-44)57-46-28-14-10-24-38(46)39-32-33-43-51(50(39)57)58-49-31-17-13-27-42(49)53(43)40-25-11-15-29-47(40)56(37-22-8-3-9-23-37)48-30-16-12-26-41(48)53;1-4-18-35(19-5-1)44-34-49(55-52(54-44)36-20-6-2-7-21-36)57-45-28-14-10-24-38(45)39-32-33-43-51(50(39)57)58-48-31-17-13-27-42(48)53(43)40-25-11-15-29-46(40)56(37-22-8-3-9-23-37)47-30-16-12-26-41(47)53/h2*1-34H. The zero-order valence-corrected chi connectivity index (χ0v) is 64.3. The maximum atomic E-state index is 5.42. The number of benzene rings is 16. The number of hydrogen-bond acceptors (Lipinski definition) is 8. The first-order chi connectivity index (χ1) is 57.6. The molecule has 8 nitrogen and oxygen atoms in total. The lowest BCUT2D eigenvalue weighted by Crippen LogP contribution is -2.39. The molecule has 4 aliphatic rings. The van der Waals surface area contributed by atoms with Crippen LogP contribution in [0.15, 0.2) is 432 Å². The summed E-state index contributed by atoms with van der Waals surface area (Å²) in [7, 11) is 0. The van der Waals surface area contributed by atoms with Crippen LogP contribution in [0.5, 0.6) is 0 Å². The van der Waals surface area contributed by atoms with Crippen LogP contribution < -0.4 is 9.80 Å². The Morgan fingerprint density at radius 1 is 0.233 bits per heavy atom. The Labute approximate surface area is 679 Å². The largest absolute Gasteiger partial charge is 0.310 e. The van der Waals surface area contributed by atoms with E-state index in [2.05, 4.69) is 425 Å². The van der Waals surface area contributed by atoms with Crippen LogP contribution in [-0.2, 0) is 10.8 Å². The predicted octanol–water partition coefficient (Wildman–Crippen LogP) is 27.1. The van der Waals surface area contributed by atoms with E-state index in [-0.39, 0.29) is 0 Å². The van der Waals surface area contributed by atoms with Gasteiger partial charge in [-0.15, -0.1) is 0 Å². The molecule has 0 radical (unpaired) electrons. The van der Waals surface area contributed by atoms with Crippen molar-refractivity contribution in [1.29, 1.82) is 0 Å². The van der Waals surface area contributed by atoms with Gasteiger partial charge in [-0.3, -0.25) is 9.13 Å². The molecule has 4 aliphatic heterocycles. The number of hydrogen-bond donors (Lipinski definition) is 0. The van der Waals surface area contributed by atoms with Crippen molar-refractivity contribution in [2.45, 2.75) is 30.4 Å². The van der Waals surface area contributed by atoms with Crippen LogP contribution in [0.1, 0.15) is 44.5 Å². The van der Waals surface area contributed by atoms with Gasteiger partial charge in [0.2, 0.25) is 5.95 Å². The van der Waals surface area contributed by atoms with Gasteiger partial charge in [-0.2, -0.15) is 0 Å². The molecule has 116 heavy (non-hydrogen) atoms. The van der Waals surface area contributed by atoms with E-state index < -0.39 is 10.8 Å². The zero-order valence-electron chi connectivity index (χ0n) is 62.7. The number of para-hydroxylation sites is 8. The third-order valence-electron chi connectivity index (χ3n) is 23.7. The van der Waals surface area contributed by atoms with Crippen LogP contribution in [-0.4, -0.2) is 29.1 Å². The molecule has 2 spiro atoms. The first-order valence-corrected chi connectivity index (χ1v) is 41.0. The van der Waals surface area contributed by atoms with Crippen LogP contribution in [0.3, 0.4) is 0 Å². The van der Waals surface area contributed by atoms with Crippen molar-refractivity contribution < 1.29 is 0 Å². The fraction of sp³-hybridized carbons (Fsp3) is 0.0189. The molecule has 0 saturated heterocycles. The van der Waals surface area contributed by atoms with E-state index in [9.17, 15) is 0 Å². The third-order valence-corrected chi connectivity index (χ3v) is 26.1. The molecule has 0 amide bonds. The number of anilines is 6. The van der Waals surface area contributed by atoms with Gasteiger partial charge in [0, 0.05) is 80.8 Å². The molecule has 10 heteroatoms. The smallest absolute Gasteiger partial charge is 0.235 e. The lowest BCUT2D eigenvalue weighted by molar-refractivity contribution is 0.693. The summed E-state index contributed by atoms with van der Waals surface area (Å²) in [6.45, 7) is 0. The predicted molar refractivity (Wildman–Crippen MR) is 476 cm³/mol. The average molecular weight is 1520 g/mol. The summed E-state index contributed by atoms with van der Waals surface area (Å²) in [6, 6.07) is 149. The summed E-state index contributed by atoms with van der Waals surface area (Å²) in [5.74, 6) is 2.17. The summed E-state index contributed by atoms with van der Waals surface area (Å²) in [6.07, 6.45) is 0. The fourth-order valence-electron chi connectivity index (χ4n) is 19.0. The Morgan fingerprint density at radius 2 is 0.560 bits per heavy atom. The zero-order chi connectivity index (χ0) is 76.4. The molecule has 4 aromatic heterocycles. The van der Waals surface area contributed by atoms with Crippen LogP contribution in [0.2, 0.25) is 0 Å². The summed E-state index contributed by atoms with van der Waals surface area (Å²) >= 11 is 3.73. The molecule has 0 fully saturated rings. The molecule has 0 N–H and O–H groups in total. The maximum Gasteiger partial charge on any atom is 0.235 e. The number of rotatable bonds is 8. The van der Waals surface area contributed by atoms with Crippen molar-refractivity contribution in [3.8, 4) is 56.9 Å². The summed E-state index contributed by atoms with van der Waals surface area (Å²) in [5, 5.41) is 4.73. The first-order valence-electron chi connectivity index (χ1n) is 39.3. The third kappa shape index (κ3) is 10.2. The number of nitrogens with zero attached hydrogens (tertiary/aromatic N) is 8. The monoisotopic (exact) mass is 1520 g/mol. The van der Waals surface area contributed by atoms with Gasteiger partial charge in [0.1, 0.15) is 5.82 Å². The normalized spacial score (nSPS) is 13.6. The SMILES string of the molecule is c1ccc(-c2cc(-c3ccccc3)nc(-n3c4ccccc4c4ccc5c(c43)Sc3ccccc3C53c4ccccc4N(c4ccccc4)c4ccccc43)n2)cc1.c1ccc(-c2cc(-n3c4ccccc4c4ccc5c(c43)Sc3ccccc3C53c4ccccc4N(c4ccccc4)c4ccccc43)nc(-c3ccccc3)n2)cc1. The van der Waals surface area contributed by atoms with Gasteiger partial charge in [0.15, 0.2) is 5.82 Å². The van der Waals surface area contributed by atoms with Crippen LogP contribution in [0.25, 0.3) is 101 Å². The minimum atomic E-state index is -0.618. The van der Waals surface area contributed by atoms with Crippen molar-refractivity contribution in [1.82, 2.24) is 29.1 Å². The minimum absolute atomic E-state index is 0.610. The van der Waals surface area contributed by atoms with Gasteiger partial charge in [-0.05, 0) is 123 Å². The molecular weight excluding hydrogens is 1450 g/mol. The summed E-state index contributed by atoms with van der Waals surface area (Å²) in [5.41, 5.74) is 27.1. The second kappa shape index (κ2) is 27.2. The highest BCUT2D eigenvalue weighted by Crippen LogP contribution is 2.66. The second-order valence-corrected chi connectivity index (χ2v) is 31.9. The molecule has 8 heterocycles. The molecule has 544 valence electrons. The van der Waals surface area contributed by atoms with Crippen molar-refractivity contribution in [2.24, 2.45) is 0 Å². The Hall–Kier alpha value is -14.4. The van der Waals surface area contributed by atoms with Crippen molar-refractivity contribution in [2.75, 3.05) is 9.80 Å². The molecule has 16 aromatic carbocycles. The lowest BCUT2D eigenvalue weighted by atomic mass is 9.62. The molecular formula is C106H68N8S2. The topological polar surface area (TPSA) is 67.9 Å². The van der Waals surface area contributed by atoms with Crippen LogP contribution in [0, 0.1) is 0 Å². The van der Waals surface area contributed by atoms with E-state index in [4.69, 9.17) is 19.9 Å². The van der Waals surface area contributed by atoms with Crippen molar-refractivity contribution in [3.05, 3.63) is 457 Å². The molecule has 0 bridgehead atoms. The summed E-state index contributed by atoms with van der Waals surface area (Å²) in [4.78, 5) is 31.2. The maximum absolute atomic E-state index is 5.42. The Balaban J connectivity index is 0.000000137. The van der Waals surface area contributed by atoms with Crippen LogP contribution in [0.4, 0.5) is 34.1 Å². The highest BCUT2D eigenvalue weighted by atomic mass is 32.2. The number of fused-ring (bicyclic) bond motifs is 24. The first kappa shape index (κ1) is 67.3. The van der Waals surface area contributed by atoms with Crippen molar-refractivity contribution in [3.63, 3.8) is 0 Å². The van der Waals surface area contributed by atoms with Gasteiger partial charge < -0.3 is 9.80 Å². The van der Waals surface area contributed by atoms with E-state index in [1.54, 1.807) is 0 Å². The van der Waals surface area contributed by atoms with Crippen molar-refractivity contribution >= 4 is 101 Å². The molecule has 0 atom stereocenters. The van der Waals surface area contributed by atoms with E-state index in [0.29, 0.717) is 11.8 Å². The highest BCUT2D eigenvalue weighted by Gasteiger charge is 2.53. The Kier molecular flexibility index (Phi) is 15.8. The molecule has 0 unspecified atom stereocenters. The lowest BCUT2D eigenvalue weighted by Gasteiger charge is -2.49. The summed E-state index contributed by atoms with van der Waals surface area (Å²) < 4.78 is 4.73. The van der Waals surface area contributed by atoms with Gasteiger partial charge in [-0.1, -0.05) is 351 Å². The van der Waals surface area contributed by atoms with Gasteiger partial charge >= 0.3 is 0 Å². The van der Waals surface area contributed by atoms with Gasteiger partial charge in [0.05, 0.1) is 72.7 Å². The molecule has 20 aromatic rings. The quantitative estimate of drug-likeness (QED) is 0.149. The van der Waals surface area contributed by atoms with Crippen LogP contribution >= 0.6 is 23.5 Å². The molecule has 0 saturated carbocycles. The van der Waals surface area contributed by atoms with Gasteiger partial charge in [0.25, 0.3) is 0 Å². The fourth-order valence-corrected chi connectivity index (χ4v) is 21.6. The van der Waals surface area contributed by atoms with E-state index in [0.717, 1.165) is 78.6 Å². The molecule has 0 aliphatic carbocycles. The average Bonchev–Trinajstić information content (AvgIpc) is 1.04.